The minimum atomic E-state index is -0.0275. The number of nitrogens with one attached hydrogen (secondary N) is 1. The first-order valence-corrected chi connectivity index (χ1v) is 9.24. The number of amides is 1. The molecule has 4 heteroatoms. The second-order valence-corrected chi connectivity index (χ2v) is 7.92. The van der Waals surface area contributed by atoms with Crippen molar-refractivity contribution in [1.82, 2.24) is 5.32 Å². The Hall–Kier alpha value is -1.71. The summed E-state index contributed by atoms with van der Waals surface area (Å²) in [5, 5.41) is 3.21. The average Bonchev–Trinajstić information content (AvgIpc) is 2.68. The average molecular weight is 331 g/mol. The van der Waals surface area contributed by atoms with Crippen molar-refractivity contribution in [1.29, 1.82) is 0 Å². The van der Waals surface area contributed by atoms with E-state index in [0.29, 0.717) is 30.6 Å². The van der Waals surface area contributed by atoms with E-state index in [9.17, 15) is 4.79 Å². The summed E-state index contributed by atoms with van der Waals surface area (Å²) in [4.78, 5) is 12.6. The Kier molecular flexibility index (Phi) is 5.32. The van der Waals surface area contributed by atoms with Gasteiger partial charge in [0.1, 0.15) is 0 Å². The first kappa shape index (κ1) is 17.1. The third-order valence-corrected chi connectivity index (χ3v) is 4.88. The number of fused-ring (bicyclic) bond motifs is 1. The maximum atomic E-state index is 12.6. The summed E-state index contributed by atoms with van der Waals surface area (Å²) in [5.74, 6) is 1.39. The topological polar surface area (TPSA) is 47.6 Å². The quantitative estimate of drug-likeness (QED) is 0.877. The molecule has 0 unspecified atom stereocenters. The van der Waals surface area contributed by atoms with Crippen molar-refractivity contribution >= 4 is 5.91 Å². The SMILES string of the molecule is CC1(C)COc2ccc(C(=O)NC3CCCCCCC3)cc2OC1. The highest BCUT2D eigenvalue weighted by Crippen LogP contribution is 2.34. The molecule has 24 heavy (non-hydrogen) atoms. The van der Waals surface area contributed by atoms with Gasteiger partial charge in [-0.05, 0) is 31.0 Å². The molecule has 0 bridgehead atoms. The second kappa shape index (κ2) is 7.45. The van der Waals surface area contributed by atoms with E-state index in [1.54, 1.807) is 0 Å². The maximum Gasteiger partial charge on any atom is 0.251 e. The molecule has 1 N–H and O–H groups in total. The van der Waals surface area contributed by atoms with E-state index in [0.717, 1.165) is 18.6 Å². The van der Waals surface area contributed by atoms with Crippen molar-refractivity contribution in [2.45, 2.75) is 64.8 Å². The van der Waals surface area contributed by atoms with Gasteiger partial charge in [0.15, 0.2) is 11.5 Å². The predicted molar refractivity (Wildman–Crippen MR) is 94.8 cm³/mol. The minimum Gasteiger partial charge on any atom is -0.489 e. The molecule has 1 heterocycles. The van der Waals surface area contributed by atoms with Crippen LogP contribution in [0, 0.1) is 5.41 Å². The smallest absolute Gasteiger partial charge is 0.251 e. The van der Waals surface area contributed by atoms with Gasteiger partial charge in [-0.25, -0.2) is 0 Å². The van der Waals surface area contributed by atoms with E-state index in [4.69, 9.17) is 9.47 Å². The Morgan fingerprint density at radius 1 is 1.00 bits per heavy atom. The molecule has 1 amide bonds. The molecule has 132 valence electrons. The summed E-state index contributed by atoms with van der Waals surface area (Å²) in [5.41, 5.74) is 0.624. The van der Waals surface area contributed by atoms with E-state index in [1.807, 2.05) is 18.2 Å². The number of carbonyl (C=O) groups is 1. The number of hydrogen-bond acceptors (Lipinski definition) is 3. The number of ether oxygens (including phenoxy) is 2. The van der Waals surface area contributed by atoms with Crippen molar-refractivity contribution in [3.8, 4) is 11.5 Å². The lowest BCUT2D eigenvalue weighted by atomic mass is 9.96. The summed E-state index contributed by atoms with van der Waals surface area (Å²) in [6.45, 7) is 5.43. The number of benzene rings is 1. The summed E-state index contributed by atoms with van der Waals surface area (Å²) < 4.78 is 11.7. The van der Waals surface area contributed by atoms with E-state index in [2.05, 4.69) is 19.2 Å². The van der Waals surface area contributed by atoms with Crippen molar-refractivity contribution < 1.29 is 14.3 Å². The largest absolute Gasteiger partial charge is 0.489 e. The second-order valence-electron chi connectivity index (χ2n) is 7.92. The first-order valence-electron chi connectivity index (χ1n) is 9.24. The van der Waals surface area contributed by atoms with Crippen LogP contribution in [0.5, 0.6) is 11.5 Å². The third-order valence-electron chi connectivity index (χ3n) is 4.88. The fourth-order valence-electron chi connectivity index (χ4n) is 3.34. The van der Waals surface area contributed by atoms with Crippen LogP contribution in [0.3, 0.4) is 0 Å². The van der Waals surface area contributed by atoms with Crippen LogP contribution in [0.25, 0.3) is 0 Å². The third kappa shape index (κ3) is 4.43. The molecule has 0 atom stereocenters. The van der Waals surface area contributed by atoms with E-state index < -0.39 is 0 Å². The van der Waals surface area contributed by atoms with Gasteiger partial charge in [-0.15, -0.1) is 0 Å². The van der Waals surface area contributed by atoms with Crippen LogP contribution in [0.15, 0.2) is 18.2 Å². The number of hydrogen-bond donors (Lipinski definition) is 1. The van der Waals surface area contributed by atoms with Crippen LogP contribution in [-0.2, 0) is 0 Å². The van der Waals surface area contributed by atoms with Crippen LogP contribution < -0.4 is 14.8 Å². The molecule has 0 spiro atoms. The molecule has 4 nitrogen and oxygen atoms in total. The van der Waals surface area contributed by atoms with Gasteiger partial charge in [0.05, 0.1) is 13.2 Å². The lowest BCUT2D eigenvalue weighted by Crippen LogP contribution is -2.35. The Morgan fingerprint density at radius 3 is 2.33 bits per heavy atom. The molecule has 1 fully saturated rings. The van der Waals surface area contributed by atoms with Gasteiger partial charge < -0.3 is 14.8 Å². The van der Waals surface area contributed by atoms with Gasteiger partial charge in [0.25, 0.3) is 5.91 Å². The molecule has 0 saturated heterocycles. The Bertz CT molecular complexity index is 574. The molecule has 1 aliphatic heterocycles. The first-order chi connectivity index (χ1) is 11.5. The van der Waals surface area contributed by atoms with Crippen molar-refractivity contribution in [2.75, 3.05) is 13.2 Å². The highest BCUT2D eigenvalue weighted by atomic mass is 16.5. The van der Waals surface area contributed by atoms with Gasteiger partial charge in [-0.1, -0.05) is 46.0 Å². The fourth-order valence-corrected chi connectivity index (χ4v) is 3.34. The molecule has 1 aliphatic carbocycles. The van der Waals surface area contributed by atoms with Crippen molar-refractivity contribution in [3.63, 3.8) is 0 Å². The maximum absolute atomic E-state index is 12.6. The molecule has 0 aromatic heterocycles. The van der Waals surface area contributed by atoms with Crippen molar-refractivity contribution in [3.05, 3.63) is 23.8 Å². The lowest BCUT2D eigenvalue weighted by molar-refractivity contribution is 0.0930. The van der Waals surface area contributed by atoms with Crippen LogP contribution >= 0.6 is 0 Å². The standard InChI is InChI=1S/C20H29NO3/c1-20(2)13-23-17-11-10-15(12-18(17)24-14-20)19(22)21-16-8-6-4-3-5-7-9-16/h10-12,16H,3-9,13-14H2,1-2H3,(H,21,22). The Balaban J connectivity index is 1.66. The zero-order chi connectivity index (χ0) is 17.0. The monoisotopic (exact) mass is 331 g/mol. The molecule has 1 saturated carbocycles. The van der Waals surface area contributed by atoms with Crippen molar-refractivity contribution in [2.24, 2.45) is 5.41 Å². The summed E-state index contributed by atoms with van der Waals surface area (Å²) in [6, 6.07) is 5.80. The fraction of sp³-hybridized carbons (Fsp3) is 0.650. The molecule has 3 rings (SSSR count). The highest BCUT2D eigenvalue weighted by molar-refractivity contribution is 5.95. The van der Waals surface area contributed by atoms with Gasteiger partial charge in [-0.2, -0.15) is 0 Å². The molecule has 1 aromatic carbocycles. The molecular formula is C20H29NO3. The predicted octanol–water partition coefficient (Wildman–Crippen LogP) is 4.33. The van der Waals surface area contributed by atoms with E-state index >= 15 is 0 Å². The normalized spacial score (nSPS) is 21.2. The van der Waals surface area contributed by atoms with Crippen LogP contribution in [0.4, 0.5) is 0 Å². The summed E-state index contributed by atoms with van der Waals surface area (Å²) in [6.07, 6.45) is 8.49. The molecular weight excluding hydrogens is 302 g/mol. The summed E-state index contributed by atoms with van der Waals surface area (Å²) >= 11 is 0. The number of carbonyl (C=O) groups excluding carboxylic acids is 1. The Morgan fingerprint density at radius 2 is 1.62 bits per heavy atom. The number of rotatable bonds is 2. The zero-order valence-electron chi connectivity index (χ0n) is 14.9. The van der Waals surface area contributed by atoms with Crippen LogP contribution in [0.2, 0.25) is 0 Å². The van der Waals surface area contributed by atoms with Crippen LogP contribution in [-0.4, -0.2) is 25.2 Å². The lowest BCUT2D eigenvalue weighted by Gasteiger charge is -2.21. The molecule has 0 radical (unpaired) electrons. The minimum absolute atomic E-state index is 0.00418. The molecule has 1 aromatic rings. The Labute approximate surface area is 144 Å². The summed E-state index contributed by atoms with van der Waals surface area (Å²) in [7, 11) is 0. The van der Waals surface area contributed by atoms with Gasteiger partial charge >= 0.3 is 0 Å². The highest BCUT2D eigenvalue weighted by Gasteiger charge is 2.26. The van der Waals surface area contributed by atoms with Gasteiger partial charge in [0.2, 0.25) is 0 Å². The zero-order valence-corrected chi connectivity index (χ0v) is 14.9. The van der Waals surface area contributed by atoms with Gasteiger partial charge in [-0.3, -0.25) is 4.79 Å². The molecule has 2 aliphatic rings. The van der Waals surface area contributed by atoms with E-state index in [1.165, 1.54) is 32.1 Å². The van der Waals surface area contributed by atoms with Crippen LogP contribution in [0.1, 0.15) is 69.2 Å². The van der Waals surface area contributed by atoms with Gasteiger partial charge in [0, 0.05) is 17.0 Å². The van der Waals surface area contributed by atoms with E-state index in [-0.39, 0.29) is 11.3 Å².